The van der Waals surface area contributed by atoms with Crippen LogP contribution < -0.4 is 15.4 Å². The van der Waals surface area contributed by atoms with Gasteiger partial charge in [-0.05, 0) is 42.7 Å². The first kappa shape index (κ1) is 15.4. The SMILES string of the molecule is O=C1COc2cc(NC(=O)N3CCCC3c3ccncc3)ccc2N1. The zero-order valence-corrected chi connectivity index (χ0v) is 13.6. The maximum absolute atomic E-state index is 12.7. The van der Waals surface area contributed by atoms with E-state index in [1.54, 1.807) is 30.6 Å². The van der Waals surface area contributed by atoms with E-state index in [0.717, 1.165) is 24.9 Å². The van der Waals surface area contributed by atoms with E-state index in [1.807, 2.05) is 17.0 Å². The van der Waals surface area contributed by atoms with Gasteiger partial charge in [0.15, 0.2) is 6.61 Å². The molecule has 1 unspecified atom stereocenters. The van der Waals surface area contributed by atoms with Gasteiger partial charge >= 0.3 is 6.03 Å². The highest BCUT2D eigenvalue weighted by Crippen LogP contribution is 2.33. The normalized spacial score (nSPS) is 19.0. The summed E-state index contributed by atoms with van der Waals surface area (Å²) in [4.78, 5) is 29.9. The molecule has 1 atom stereocenters. The second-order valence-corrected chi connectivity index (χ2v) is 6.11. The third-order valence-corrected chi connectivity index (χ3v) is 4.47. The van der Waals surface area contributed by atoms with Crippen LogP contribution in [-0.2, 0) is 4.79 Å². The van der Waals surface area contributed by atoms with Crippen LogP contribution in [0.4, 0.5) is 16.2 Å². The Labute approximate surface area is 145 Å². The fourth-order valence-electron chi connectivity index (χ4n) is 3.29. The van der Waals surface area contributed by atoms with Gasteiger partial charge in [-0.3, -0.25) is 9.78 Å². The molecule has 0 radical (unpaired) electrons. The number of nitrogens with one attached hydrogen (secondary N) is 2. The third kappa shape index (κ3) is 3.13. The first-order valence-electron chi connectivity index (χ1n) is 8.25. The summed E-state index contributed by atoms with van der Waals surface area (Å²) in [6.45, 7) is 0.705. The van der Waals surface area contributed by atoms with Crippen molar-refractivity contribution in [3.05, 3.63) is 48.3 Å². The molecule has 1 saturated heterocycles. The number of likely N-dealkylation sites (tertiary alicyclic amines) is 1. The molecular weight excluding hydrogens is 320 g/mol. The molecule has 1 fully saturated rings. The Hall–Kier alpha value is -3.09. The number of amides is 3. The number of carbonyl (C=O) groups is 2. The Kier molecular flexibility index (Phi) is 3.97. The molecule has 1 aromatic heterocycles. The molecule has 3 heterocycles. The number of urea groups is 1. The summed E-state index contributed by atoms with van der Waals surface area (Å²) in [5.74, 6) is 0.381. The van der Waals surface area contributed by atoms with Gasteiger partial charge in [-0.2, -0.15) is 0 Å². The molecule has 1 aromatic carbocycles. The topological polar surface area (TPSA) is 83.6 Å². The number of fused-ring (bicyclic) bond motifs is 1. The fraction of sp³-hybridized carbons (Fsp3) is 0.278. The largest absolute Gasteiger partial charge is 0.482 e. The van der Waals surface area contributed by atoms with E-state index in [0.29, 0.717) is 17.1 Å². The molecule has 0 bridgehead atoms. The number of hydrogen-bond acceptors (Lipinski definition) is 4. The highest BCUT2D eigenvalue weighted by Gasteiger charge is 2.30. The van der Waals surface area contributed by atoms with Crippen LogP contribution in [0.1, 0.15) is 24.4 Å². The number of pyridine rings is 1. The number of benzene rings is 1. The van der Waals surface area contributed by atoms with Crippen molar-refractivity contribution >= 4 is 23.3 Å². The Balaban J connectivity index is 1.49. The van der Waals surface area contributed by atoms with Gasteiger partial charge in [0.25, 0.3) is 5.91 Å². The quantitative estimate of drug-likeness (QED) is 0.882. The van der Waals surface area contributed by atoms with Crippen LogP contribution in [0.5, 0.6) is 5.75 Å². The molecule has 2 aromatic rings. The standard InChI is InChI=1S/C18H18N4O3/c23-17-11-25-16-10-13(3-4-14(16)21-17)20-18(24)22-9-1-2-15(22)12-5-7-19-8-6-12/h3-8,10,15H,1-2,9,11H2,(H,20,24)(H,21,23). The van der Waals surface area contributed by atoms with E-state index in [9.17, 15) is 9.59 Å². The van der Waals surface area contributed by atoms with Crippen molar-refractivity contribution in [2.75, 3.05) is 23.8 Å². The predicted octanol–water partition coefficient (Wildman–Crippen LogP) is 2.78. The zero-order valence-electron chi connectivity index (χ0n) is 13.6. The van der Waals surface area contributed by atoms with Crippen LogP contribution in [-0.4, -0.2) is 35.0 Å². The Morgan fingerprint density at radius 1 is 1.28 bits per heavy atom. The number of hydrogen-bond donors (Lipinski definition) is 2. The molecular formula is C18H18N4O3. The first-order valence-corrected chi connectivity index (χ1v) is 8.25. The molecule has 0 saturated carbocycles. The van der Waals surface area contributed by atoms with Gasteiger partial charge in [-0.1, -0.05) is 0 Å². The number of ether oxygens (including phenoxy) is 1. The van der Waals surface area contributed by atoms with Crippen LogP contribution in [0, 0.1) is 0 Å². The predicted molar refractivity (Wildman–Crippen MR) is 92.5 cm³/mol. The molecule has 7 heteroatoms. The monoisotopic (exact) mass is 338 g/mol. The van der Waals surface area contributed by atoms with Crippen LogP contribution >= 0.6 is 0 Å². The molecule has 3 amide bonds. The van der Waals surface area contributed by atoms with Crippen molar-refractivity contribution in [3.8, 4) is 5.75 Å². The average Bonchev–Trinajstić information content (AvgIpc) is 3.12. The summed E-state index contributed by atoms with van der Waals surface area (Å²) < 4.78 is 5.39. The number of aromatic nitrogens is 1. The van der Waals surface area contributed by atoms with Gasteiger partial charge in [0.2, 0.25) is 0 Å². The minimum absolute atomic E-state index is 0.0133. The van der Waals surface area contributed by atoms with Gasteiger partial charge in [0, 0.05) is 30.7 Å². The molecule has 2 N–H and O–H groups in total. The summed E-state index contributed by atoms with van der Waals surface area (Å²) in [7, 11) is 0. The summed E-state index contributed by atoms with van der Waals surface area (Å²) in [5.41, 5.74) is 2.35. The summed E-state index contributed by atoms with van der Waals surface area (Å²) in [6, 6.07) is 9.03. The second-order valence-electron chi connectivity index (χ2n) is 6.11. The minimum atomic E-state index is -0.179. The summed E-state index contributed by atoms with van der Waals surface area (Å²) >= 11 is 0. The highest BCUT2D eigenvalue weighted by molar-refractivity contribution is 5.96. The molecule has 2 aliphatic rings. The number of nitrogens with zero attached hydrogens (tertiary/aromatic N) is 2. The highest BCUT2D eigenvalue weighted by atomic mass is 16.5. The van der Waals surface area contributed by atoms with E-state index >= 15 is 0 Å². The average molecular weight is 338 g/mol. The van der Waals surface area contributed by atoms with Crippen molar-refractivity contribution in [2.24, 2.45) is 0 Å². The lowest BCUT2D eigenvalue weighted by Gasteiger charge is -2.25. The second kappa shape index (κ2) is 6.43. The van der Waals surface area contributed by atoms with Gasteiger partial charge in [0.1, 0.15) is 5.75 Å². The van der Waals surface area contributed by atoms with Crippen LogP contribution in [0.2, 0.25) is 0 Å². The Morgan fingerprint density at radius 3 is 2.96 bits per heavy atom. The lowest BCUT2D eigenvalue weighted by Crippen LogP contribution is -2.34. The van der Waals surface area contributed by atoms with E-state index in [1.165, 1.54) is 0 Å². The Morgan fingerprint density at radius 2 is 2.12 bits per heavy atom. The van der Waals surface area contributed by atoms with Gasteiger partial charge in [-0.25, -0.2) is 4.79 Å². The lowest BCUT2D eigenvalue weighted by molar-refractivity contribution is -0.118. The smallest absolute Gasteiger partial charge is 0.322 e. The molecule has 4 rings (SSSR count). The molecule has 7 nitrogen and oxygen atoms in total. The number of rotatable bonds is 2. The van der Waals surface area contributed by atoms with E-state index in [-0.39, 0.29) is 24.6 Å². The van der Waals surface area contributed by atoms with Crippen LogP contribution in [0.15, 0.2) is 42.7 Å². The van der Waals surface area contributed by atoms with Crippen LogP contribution in [0.3, 0.4) is 0 Å². The first-order chi connectivity index (χ1) is 12.2. The molecule has 128 valence electrons. The Bertz CT molecular complexity index is 809. The van der Waals surface area contributed by atoms with Gasteiger partial charge in [0.05, 0.1) is 11.7 Å². The van der Waals surface area contributed by atoms with Crippen LogP contribution in [0.25, 0.3) is 0 Å². The van der Waals surface area contributed by atoms with Gasteiger partial charge in [-0.15, -0.1) is 0 Å². The summed E-state index contributed by atoms with van der Waals surface area (Å²) in [6.07, 6.45) is 5.41. The zero-order chi connectivity index (χ0) is 17.2. The van der Waals surface area contributed by atoms with Crippen molar-refractivity contribution in [1.82, 2.24) is 9.88 Å². The van der Waals surface area contributed by atoms with E-state index in [2.05, 4.69) is 15.6 Å². The third-order valence-electron chi connectivity index (χ3n) is 4.47. The fourth-order valence-corrected chi connectivity index (χ4v) is 3.29. The molecule has 0 spiro atoms. The van der Waals surface area contributed by atoms with E-state index in [4.69, 9.17) is 4.74 Å². The van der Waals surface area contributed by atoms with E-state index < -0.39 is 0 Å². The van der Waals surface area contributed by atoms with Gasteiger partial charge < -0.3 is 20.3 Å². The minimum Gasteiger partial charge on any atom is -0.482 e. The number of carbonyl (C=O) groups excluding carboxylic acids is 2. The van der Waals surface area contributed by atoms with Crippen molar-refractivity contribution < 1.29 is 14.3 Å². The molecule has 0 aliphatic carbocycles. The van der Waals surface area contributed by atoms with Crippen molar-refractivity contribution in [1.29, 1.82) is 0 Å². The van der Waals surface area contributed by atoms with Crippen molar-refractivity contribution in [2.45, 2.75) is 18.9 Å². The molecule has 2 aliphatic heterocycles. The lowest BCUT2D eigenvalue weighted by atomic mass is 10.1. The summed E-state index contributed by atoms with van der Waals surface area (Å²) in [5, 5.41) is 5.65. The van der Waals surface area contributed by atoms with Crippen molar-refractivity contribution in [3.63, 3.8) is 0 Å². The molecule has 25 heavy (non-hydrogen) atoms. The maximum Gasteiger partial charge on any atom is 0.322 e. The maximum atomic E-state index is 12.7. The number of anilines is 2.